The fraction of sp³-hybridized carbons (Fsp3) is 0.960. The molecular formula is C25H52N2O4S. The van der Waals surface area contributed by atoms with Crippen LogP contribution in [0.2, 0.25) is 0 Å². The average molecular weight is 477 g/mol. The lowest BCUT2D eigenvalue weighted by Crippen LogP contribution is -2.45. The lowest BCUT2D eigenvalue weighted by atomic mass is 10.0. The van der Waals surface area contributed by atoms with Crippen molar-refractivity contribution < 1.29 is 21.6 Å². The van der Waals surface area contributed by atoms with Gasteiger partial charge in [-0.3, -0.25) is 8.67 Å². The number of unbranched alkanes of at least 4 members (excludes halogenated alkanes) is 12. The van der Waals surface area contributed by atoms with E-state index in [1.807, 2.05) is 0 Å². The highest BCUT2D eigenvalue weighted by molar-refractivity contribution is 7.80. The molecule has 0 bridgehead atoms. The van der Waals surface area contributed by atoms with Crippen molar-refractivity contribution in [2.75, 3.05) is 32.8 Å². The van der Waals surface area contributed by atoms with Gasteiger partial charge in [0.15, 0.2) is 6.34 Å². The molecule has 0 aromatic heterocycles. The van der Waals surface area contributed by atoms with Crippen LogP contribution in [0, 0.1) is 5.92 Å². The molecule has 0 N–H and O–H groups in total. The Labute approximate surface area is 199 Å². The molecule has 0 saturated heterocycles. The minimum Gasteiger partial charge on any atom is -0.726 e. The van der Waals surface area contributed by atoms with Crippen LogP contribution < -0.4 is 0 Å². The molecular weight excluding hydrogens is 424 g/mol. The first-order valence-corrected chi connectivity index (χ1v) is 14.5. The summed E-state index contributed by atoms with van der Waals surface area (Å²) >= 11 is 0. The van der Waals surface area contributed by atoms with E-state index in [1.54, 1.807) is 0 Å². The van der Waals surface area contributed by atoms with Gasteiger partial charge in [-0.25, -0.2) is 13.4 Å². The van der Waals surface area contributed by atoms with Gasteiger partial charge in [0.2, 0.25) is 10.4 Å². The second-order valence-corrected chi connectivity index (χ2v) is 10.6. The molecule has 0 aromatic carbocycles. The average Bonchev–Trinajstić information content (AvgIpc) is 3.19. The third-order valence-corrected chi connectivity index (χ3v) is 6.80. The van der Waals surface area contributed by atoms with Crippen molar-refractivity contribution in [3.8, 4) is 0 Å². The Morgan fingerprint density at radius 1 is 0.875 bits per heavy atom. The number of quaternary nitrogens is 1. The summed E-state index contributed by atoms with van der Waals surface area (Å²) in [6, 6.07) is 0. The maximum Gasteiger partial charge on any atom is 0.217 e. The fourth-order valence-corrected chi connectivity index (χ4v) is 4.47. The Morgan fingerprint density at radius 3 is 1.66 bits per heavy atom. The molecule has 1 rings (SSSR count). The van der Waals surface area contributed by atoms with Crippen LogP contribution in [0.15, 0.2) is 4.99 Å². The lowest BCUT2D eigenvalue weighted by Gasteiger charge is -2.28. The highest BCUT2D eigenvalue weighted by Gasteiger charge is 2.26. The van der Waals surface area contributed by atoms with Gasteiger partial charge in [-0.15, -0.1) is 0 Å². The van der Waals surface area contributed by atoms with E-state index in [0.29, 0.717) is 0 Å². The zero-order valence-electron chi connectivity index (χ0n) is 21.5. The molecule has 0 saturated carbocycles. The monoisotopic (exact) mass is 476 g/mol. The Balaban J connectivity index is 0.00000118. The molecule has 0 aliphatic carbocycles. The molecule has 1 heterocycles. The van der Waals surface area contributed by atoms with Crippen LogP contribution in [0.1, 0.15) is 118 Å². The van der Waals surface area contributed by atoms with E-state index in [9.17, 15) is 13.0 Å². The largest absolute Gasteiger partial charge is 0.726 e. The van der Waals surface area contributed by atoms with Gasteiger partial charge in [0.25, 0.3) is 0 Å². The van der Waals surface area contributed by atoms with Gasteiger partial charge in [-0.1, -0.05) is 90.9 Å². The van der Waals surface area contributed by atoms with Gasteiger partial charge in [0.1, 0.15) is 6.54 Å². The molecule has 0 amide bonds. The Bertz CT molecular complexity index is 552. The molecule has 1 aliphatic rings. The number of aliphatic imine (C=N–C) groups is 1. The van der Waals surface area contributed by atoms with Gasteiger partial charge in [0.05, 0.1) is 26.2 Å². The van der Waals surface area contributed by atoms with Gasteiger partial charge in [-0.2, -0.15) is 0 Å². The van der Waals surface area contributed by atoms with Gasteiger partial charge >= 0.3 is 0 Å². The third kappa shape index (κ3) is 20.1. The van der Waals surface area contributed by atoms with Crippen LogP contribution in [0.4, 0.5) is 0 Å². The summed E-state index contributed by atoms with van der Waals surface area (Å²) in [6.45, 7) is 13.2. The Kier molecular flexibility index (Phi) is 19.6. The molecule has 1 unspecified atom stereocenters. The zero-order valence-corrected chi connectivity index (χ0v) is 22.3. The number of hydrogen-bond donors (Lipinski definition) is 0. The van der Waals surface area contributed by atoms with Crippen LogP contribution >= 0.6 is 0 Å². The van der Waals surface area contributed by atoms with Crippen LogP contribution in [0.3, 0.4) is 0 Å². The summed E-state index contributed by atoms with van der Waals surface area (Å²) in [7, 11) is -4.42. The van der Waals surface area contributed by atoms with Gasteiger partial charge in [0, 0.05) is 0 Å². The van der Waals surface area contributed by atoms with Crippen molar-refractivity contribution in [2.45, 2.75) is 118 Å². The maximum atomic E-state index is 9.45. The van der Waals surface area contributed by atoms with E-state index >= 15 is 0 Å². The molecule has 32 heavy (non-hydrogen) atoms. The van der Waals surface area contributed by atoms with E-state index < -0.39 is 10.4 Å². The SMILES string of the molecule is CCOS(=O)(=O)[O-].CC[N+]1(CCCCCCCCCCCCCCCC(C)C)C=NCC1. The molecule has 7 heteroatoms. The first kappa shape index (κ1) is 31.5. The Morgan fingerprint density at radius 2 is 1.34 bits per heavy atom. The zero-order chi connectivity index (χ0) is 24.1. The second-order valence-electron chi connectivity index (χ2n) is 9.60. The summed E-state index contributed by atoms with van der Waals surface area (Å²) in [5, 5.41) is 0. The first-order valence-electron chi connectivity index (χ1n) is 13.2. The summed E-state index contributed by atoms with van der Waals surface area (Å²) in [5.41, 5.74) is 0. The minimum absolute atomic E-state index is 0.0914. The summed E-state index contributed by atoms with van der Waals surface area (Å²) in [6.07, 6.45) is 22.5. The van der Waals surface area contributed by atoms with E-state index in [2.05, 4.69) is 36.3 Å². The van der Waals surface area contributed by atoms with Crippen LogP contribution in [0.25, 0.3) is 0 Å². The first-order chi connectivity index (χ1) is 15.2. The normalized spacial score (nSPS) is 18.2. The minimum atomic E-state index is -4.42. The van der Waals surface area contributed by atoms with Crippen molar-refractivity contribution in [1.29, 1.82) is 0 Å². The molecule has 0 radical (unpaired) electrons. The van der Waals surface area contributed by atoms with Crippen molar-refractivity contribution in [1.82, 2.24) is 0 Å². The Hall–Kier alpha value is -0.500. The molecule has 0 fully saturated rings. The van der Waals surface area contributed by atoms with Crippen molar-refractivity contribution in [3.05, 3.63) is 0 Å². The highest BCUT2D eigenvalue weighted by Crippen LogP contribution is 2.16. The van der Waals surface area contributed by atoms with Crippen LogP contribution in [-0.2, 0) is 14.6 Å². The summed E-state index contributed by atoms with van der Waals surface area (Å²) in [5.74, 6) is 0.892. The molecule has 0 aromatic rings. The number of nitrogens with zero attached hydrogens (tertiary/aromatic N) is 2. The molecule has 1 aliphatic heterocycles. The maximum absolute atomic E-state index is 9.45. The molecule has 1 atom stereocenters. The van der Waals surface area contributed by atoms with E-state index in [1.165, 1.54) is 116 Å². The third-order valence-electron chi connectivity index (χ3n) is 6.28. The van der Waals surface area contributed by atoms with Crippen molar-refractivity contribution in [2.24, 2.45) is 10.9 Å². The quantitative estimate of drug-likeness (QED) is 0.0926. The van der Waals surface area contributed by atoms with E-state index in [-0.39, 0.29) is 6.61 Å². The second kappa shape index (κ2) is 19.9. The molecule has 0 spiro atoms. The van der Waals surface area contributed by atoms with Gasteiger partial charge < -0.3 is 4.55 Å². The predicted octanol–water partition coefficient (Wildman–Crippen LogP) is 6.47. The number of hydrogen-bond acceptors (Lipinski definition) is 5. The topological polar surface area (TPSA) is 78.8 Å². The summed E-state index contributed by atoms with van der Waals surface area (Å²) in [4.78, 5) is 4.45. The molecule has 192 valence electrons. The van der Waals surface area contributed by atoms with Crippen LogP contribution in [-0.4, -0.2) is 56.6 Å². The van der Waals surface area contributed by atoms with Gasteiger partial charge in [-0.05, 0) is 32.6 Å². The standard InChI is InChI=1S/C23H47N2.C2H6O4S/c1-4-25(21-19-24-22-25)20-17-15-13-11-9-7-5-6-8-10-12-14-16-18-23(2)3;1-2-6-7(3,4)5/h22-23H,4-21H2,1-3H3;2H2,1H3,(H,3,4,5)/q+1;/p-1. The van der Waals surface area contributed by atoms with Crippen LogP contribution in [0.5, 0.6) is 0 Å². The lowest BCUT2D eigenvalue weighted by molar-refractivity contribution is -0.827. The van der Waals surface area contributed by atoms with Crippen molar-refractivity contribution in [3.63, 3.8) is 0 Å². The smallest absolute Gasteiger partial charge is 0.217 e. The molecule has 6 nitrogen and oxygen atoms in total. The summed E-state index contributed by atoms with van der Waals surface area (Å²) < 4.78 is 33.2. The van der Waals surface area contributed by atoms with Crippen molar-refractivity contribution >= 4 is 16.7 Å². The van der Waals surface area contributed by atoms with E-state index in [0.717, 1.165) is 16.9 Å². The number of rotatable bonds is 19. The number of likely N-dealkylation sites (N-methyl/N-ethyl adjacent to an activating group) is 1. The predicted molar refractivity (Wildman–Crippen MR) is 135 cm³/mol. The highest BCUT2D eigenvalue weighted by atomic mass is 32.3. The van der Waals surface area contributed by atoms with E-state index in [4.69, 9.17) is 0 Å². The fourth-order valence-electron chi connectivity index (χ4n) is 4.18.